The van der Waals surface area contributed by atoms with Gasteiger partial charge in [-0.2, -0.15) is 0 Å². The zero-order chi connectivity index (χ0) is 31.2. The average Bonchev–Trinajstić information content (AvgIpc) is 3.10. The summed E-state index contributed by atoms with van der Waals surface area (Å²) in [6.07, 6.45) is 0. The first-order chi connectivity index (χ1) is 22.0. The van der Waals surface area contributed by atoms with Crippen molar-refractivity contribution in [1.82, 2.24) is 19.8 Å². The lowest BCUT2D eigenvalue weighted by Gasteiger charge is -2.34. The average molecular weight is 603 g/mol. The summed E-state index contributed by atoms with van der Waals surface area (Å²) in [7, 11) is 3.25. The van der Waals surface area contributed by atoms with E-state index in [9.17, 15) is 9.59 Å². The largest absolute Gasteiger partial charge is 0.497 e. The van der Waals surface area contributed by atoms with Crippen molar-refractivity contribution < 1.29 is 23.8 Å². The van der Waals surface area contributed by atoms with Crippen molar-refractivity contribution in [2.24, 2.45) is 0 Å². The smallest absolute Gasteiger partial charge is 0.338 e. The summed E-state index contributed by atoms with van der Waals surface area (Å²) >= 11 is 0. The number of piperazine rings is 1. The zero-order valence-corrected chi connectivity index (χ0v) is 25.3. The molecule has 1 aliphatic heterocycles. The second-order valence-corrected chi connectivity index (χ2v) is 10.8. The van der Waals surface area contributed by atoms with Gasteiger partial charge < -0.3 is 19.1 Å². The lowest BCUT2D eigenvalue weighted by molar-refractivity contribution is -0.136. The standard InChI is InChI=1S/C36H34N4O5/c1-43-29-13-8-26(9-14-29)34-35(27-10-15-30(44-2)16-11-27)38-32-22-28(12-17-31(32)37-34)36(42)45-24-33(41)40-20-18-39(19-21-40)23-25-6-4-3-5-7-25/h3-17,22H,18-21,23-24H2,1-2H3. The first-order valence-electron chi connectivity index (χ1n) is 14.8. The summed E-state index contributed by atoms with van der Waals surface area (Å²) in [5, 5.41) is 0. The fourth-order valence-electron chi connectivity index (χ4n) is 5.38. The number of rotatable bonds is 9. The Kier molecular flexibility index (Phi) is 8.98. The molecule has 0 unspecified atom stereocenters. The molecular formula is C36H34N4O5. The second kappa shape index (κ2) is 13.6. The third-order valence-corrected chi connectivity index (χ3v) is 7.93. The molecule has 45 heavy (non-hydrogen) atoms. The molecule has 0 aliphatic carbocycles. The highest BCUT2D eigenvalue weighted by Crippen LogP contribution is 2.33. The van der Waals surface area contributed by atoms with Crippen LogP contribution in [0.4, 0.5) is 0 Å². The number of hydrogen-bond acceptors (Lipinski definition) is 8. The highest BCUT2D eigenvalue weighted by Gasteiger charge is 2.23. The number of carbonyl (C=O) groups is 2. The molecule has 0 N–H and O–H groups in total. The van der Waals surface area contributed by atoms with Gasteiger partial charge in [0, 0.05) is 43.9 Å². The van der Waals surface area contributed by atoms with E-state index in [1.807, 2.05) is 66.7 Å². The Morgan fingerprint density at radius 1 is 0.689 bits per heavy atom. The Morgan fingerprint density at radius 3 is 1.84 bits per heavy atom. The topological polar surface area (TPSA) is 94.1 Å². The number of esters is 1. The maximum atomic E-state index is 13.0. The third-order valence-electron chi connectivity index (χ3n) is 7.93. The molecule has 1 fully saturated rings. The van der Waals surface area contributed by atoms with Gasteiger partial charge in [-0.25, -0.2) is 14.8 Å². The molecule has 9 nitrogen and oxygen atoms in total. The highest BCUT2D eigenvalue weighted by molar-refractivity contribution is 5.96. The van der Waals surface area contributed by atoms with Gasteiger partial charge in [0.1, 0.15) is 11.5 Å². The molecule has 0 spiro atoms. The molecule has 0 bridgehead atoms. The van der Waals surface area contributed by atoms with Crippen molar-refractivity contribution in [3.05, 3.63) is 108 Å². The molecule has 1 aliphatic rings. The van der Waals surface area contributed by atoms with Crippen LogP contribution < -0.4 is 9.47 Å². The van der Waals surface area contributed by atoms with Crippen LogP contribution in [0.2, 0.25) is 0 Å². The Labute approximate surface area is 262 Å². The minimum absolute atomic E-state index is 0.200. The van der Waals surface area contributed by atoms with E-state index in [1.54, 1.807) is 37.3 Å². The lowest BCUT2D eigenvalue weighted by atomic mass is 10.0. The number of ether oxygens (including phenoxy) is 3. The monoisotopic (exact) mass is 602 g/mol. The molecule has 0 atom stereocenters. The normalized spacial score (nSPS) is 13.4. The number of amides is 1. The summed E-state index contributed by atoms with van der Waals surface area (Å²) < 4.78 is 16.1. The van der Waals surface area contributed by atoms with Crippen LogP contribution in [0.3, 0.4) is 0 Å². The van der Waals surface area contributed by atoms with Gasteiger partial charge in [0.25, 0.3) is 5.91 Å². The lowest BCUT2D eigenvalue weighted by Crippen LogP contribution is -2.49. The Hall–Kier alpha value is -5.28. The molecule has 4 aromatic carbocycles. The molecule has 1 aromatic heterocycles. The van der Waals surface area contributed by atoms with E-state index in [1.165, 1.54) is 5.56 Å². The predicted molar refractivity (Wildman–Crippen MR) is 172 cm³/mol. The van der Waals surface area contributed by atoms with Crippen LogP contribution in [0, 0.1) is 0 Å². The fraction of sp³-hybridized carbons (Fsp3) is 0.222. The number of aromatic nitrogens is 2. The van der Waals surface area contributed by atoms with Crippen molar-refractivity contribution in [3.8, 4) is 34.0 Å². The summed E-state index contributed by atoms with van der Waals surface area (Å²) in [4.78, 5) is 39.8. The number of carbonyl (C=O) groups excluding carboxylic acids is 2. The molecule has 9 heteroatoms. The van der Waals surface area contributed by atoms with Crippen LogP contribution in [0.15, 0.2) is 97.1 Å². The maximum absolute atomic E-state index is 13.0. The van der Waals surface area contributed by atoms with Gasteiger partial charge in [-0.3, -0.25) is 9.69 Å². The van der Waals surface area contributed by atoms with Gasteiger partial charge >= 0.3 is 5.97 Å². The summed E-state index contributed by atoms with van der Waals surface area (Å²) in [5.41, 5.74) is 5.78. The van der Waals surface area contributed by atoms with Gasteiger partial charge in [-0.15, -0.1) is 0 Å². The maximum Gasteiger partial charge on any atom is 0.338 e. The van der Waals surface area contributed by atoms with Gasteiger partial charge in [0.2, 0.25) is 0 Å². The Balaban J connectivity index is 1.16. The second-order valence-electron chi connectivity index (χ2n) is 10.8. The van der Waals surface area contributed by atoms with Crippen molar-refractivity contribution in [3.63, 3.8) is 0 Å². The van der Waals surface area contributed by atoms with E-state index >= 15 is 0 Å². The van der Waals surface area contributed by atoms with Gasteiger partial charge in [0.15, 0.2) is 6.61 Å². The van der Waals surface area contributed by atoms with Gasteiger partial charge in [-0.1, -0.05) is 30.3 Å². The molecular weight excluding hydrogens is 568 g/mol. The van der Waals surface area contributed by atoms with Crippen LogP contribution in [-0.4, -0.2) is 78.6 Å². The first-order valence-corrected chi connectivity index (χ1v) is 14.8. The summed E-state index contributed by atoms with van der Waals surface area (Å²) in [6, 6.07) is 30.6. The number of benzene rings is 4. The number of methoxy groups -OCH3 is 2. The predicted octanol–water partition coefficient (Wildman–Crippen LogP) is 5.48. The van der Waals surface area contributed by atoms with E-state index in [2.05, 4.69) is 17.0 Å². The quantitative estimate of drug-likeness (QED) is 0.205. The molecule has 2 heterocycles. The number of hydrogen-bond donors (Lipinski definition) is 0. The Bertz CT molecular complexity index is 1790. The van der Waals surface area contributed by atoms with E-state index in [4.69, 9.17) is 24.2 Å². The van der Waals surface area contributed by atoms with Crippen molar-refractivity contribution >= 4 is 22.9 Å². The van der Waals surface area contributed by atoms with E-state index in [-0.39, 0.29) is 12.5 Å². The molecule has 5 aromatic rings. The van der Waals surface area contributed by atoms with Crippen LogP contribution in [0.25, 0.3) is 33.5 Å². The van der Waals surface area contributed by atoms with E-state index in [0.29, 0.717) is 41.1 Å². The van der Waals surface area contributed by atoms with Gasteiger partial charge in [0.05, 0.1) is 42.2 Å². The van der Waals surface area contributed by atoms with Crippen LogP contribution in [-0.2, 0) is 16.1 Å². The van der Waals surface area contributed by atoms with Crippen LogP contribution in [0.1, 0.15) is 15.9 Å². The summed E-state index contributed by atoms with van der Waals surface area (Å²) in [6.45, 7) is 3.28. The van der Waals surface area contributed by atoms with E-state index in [0.717, 1.165) is 42.3 Å². The third kappa shape index (κ3) is 6.94. The molecule has 0 radical (unpaired) electrons. The highest BCUT2D eigenvalue weighted by atomic mass is 16.5. The molecule has 0 saturated carbocycles. The molecule has 1 amide bonds. The molecule has 228 valence electrons. The number of nitrogens with zero attached hydrogens (tertiary/aromatic N) is 4. The molecule has 6 rings (SSSR count). The van der Waals surface area contributed by atoms with Crippen molar-refractivity contribution in [2.45, 2.75) is 6.54 Å². The van der Waals surface area contributed by atoms with Crippen molar-refractivity contribution in [2.75, 3.05) is 47.0 Å². The van der Waals surface area contributed by atoms with Crippen LogP contribution >= 0.6 is 0 Å². The molecule has 1 saturated heterocycles. The minimum atomic E-state index is -0.583. The fourth-order valence-corrected chi connectivity index (χ4v) is 5.38. The summed E-state index contributed by atoms with van der Waals surface area (Å²) in [5.74, 6) is 0.687. The van der Waals surface area contributed by atoms with Crippen LogP contribution in [0.5, 0.6) is 11.5 Å². The first kappa shape index (κ1) is 29.8. The number of fused-ring (bicyclic) bond motifs is 1. The van der Waals surface area contributed by atoms with E-state index < -0.39 is 5.97 Å². The SMILES string of the molecule is COc1ccc(-c2nc3ccc(C(=O)OCC(=O)N4CCN(Cc5ccccc5)CC4)cc3nc2-c2ccc(OC)cc2)cc1. The minimum Gasteiger partial charge on any atom is -0.497 e. The van der Waals surface area contributed by atoms with Crippen molar-refractivity contribution in [1.29, 1.82) is 0 Å². The Morgan fingerprint density at radius 2 is 1.27 bits per heavy atom. The zero-order valence-electron chi connectivity index (χ0n) is 25.3. The van der Waals surface area contributed by atoms with Gasteiger partial charge in [-0.05, 0) is 72.3 Å².